The zero-order chi connectivity index (χ0) is 22.5. The maximum absolute atomic E-state index is 13.7. The summed E-state index contributed by atoms with van der Waals surface area (Å²) in [5.41, 5.74) is 3.81. The van der Waals surface area contributed by atoms with E-state index in [9.17, 15) is 4.79 Å². The van der Waals surface area contributed by atoms with Crippen molar-refractivity contribution < 1.29 is 4.79 Å². The Bertz CT molecular complexity index is 1210. The van der Waals surface area contributed by atoms with Crippen LogP contribution in [0.3, 0.4) is 0 Å². The van der Waals surface area contributed by atoms with Crippen molar-refractivity contribution >= 4 is 28.3 Å². The number of hydrogen-bond donors (Lipinski definition) is 1. The third-order valence-corrected chi connectivity index (χ3v) is 5.77. The summed E-state index contributed by atoms with van der Waals surface area (Å²) in [7, 11) is 0. The molecule has 166 valence electrons. The second-order valence-corrected chi connectivity index (χ2v) is 7.82. The second-order valence-electron chi connectivity index (χ2n) is 7.82. The van der Waals surface area contributed by atoms with Crippen molar-refractivity contribution in [3.8, 4) is 0 Å². The van der Waals surface area contributed by atoms with Crippen molar-refractivity contribution in [2.24, 2.45) is 0 Å². The van der Waals surface area contributed by atoms with E-state index < -0.39 is 0 Å². The van der Waals surface area contributed by atoms with E-state index in [1.165, 1.54) is 0 Å². The Morgan fingerprint density at radius 1 is 1.00 bits per heavy atom. The molecule has 7 heteroatoms. The van der Waals surface area contributed by atoms with Gasteiger partial charge in [0.25, 0.3) is 5.91 Å². The van der Waals surface area contributed by atoms with E-state index in [4.69, 9.17) is 0 Å². The molecular weight excluding hydrogens is 400 g/mol. The number of unbranched alkanes of at least 4 members (excludes halogenated alkanes) is 1. The molecule has 1 amide bonds. The van der Waals surface area contributed by atoms with Crippen LogP contribution in [0.1, 0.15) is 55.4 Å². The van der Waals surface area contributed by atoms with Crippen LogP contribution in [0.25, 0.3) is 16.7 Å². The Labute approximate surface area is 188 Å². The molecule has 1 aromatic carbocycles. The van der Waals surface area contributed by atoms with E-state index >= 15 is 0 Å². The first kappa shape index (κ1) is 21.7. The molecule has 0 aliphatic heterocycles. The summed E-state index contributed by atoms with van der Waals surface area (Å²) in [5.74, 6) is 0.729. The third-order valence-electron chi connectivity index (χ3n) is 5.77. The van der Waals surface area contributed by atoms with Gasteiger partial charge in [-0.1, -0.05) is 43.7 Å². The molecular formula is C25H30N6O. The Balaban J connectivity index is 1.98. The zero-order valence-corrected chi connectivity index (χ0v) is 19.0. The van der Waals surface area contributed by atoms with Crippen molar-refractivity contribution in [1.82, 2.24) is 24.5 Å². The first-order chi connectivity index (χ1) is 15.7. The number of fused-ring (bicyclic) bond motifs is 3. The molecule has 0 aliphatic rings. The lowest BCUT2D eigenvalue weighted by Crippen LogP contribution is -2.32. The predicted octanol–water partition coefficient (Wildman–Crippen LogP) is 4.56. The molecule has 0 aliphatic carbocycles. The molecule has 7 nitrogen and oxygen atoms in total. The number of rotatable bonds is 9. The largest absolute Gasteiger partial charge is 0.384 e. The number of nitrogens with zero attached hydrogens (tertiary/aromatic N) is 5. The van der Waals surface area contributed by atoms with Crippen LogP contribution in [0, 0.1) is 0 Å². The van der Waals surface area contributed by atoms with E-state index in [1.807, 2.05) is 53.5 Å². The Morgan fingerprint density at radius 2 is 1.78 bits per heavy atom. The van der Waals surface area contributed by atoms with Crippen LogP contribution in [0.4, 0.5) is 5.69 Å². The summed E-state index contributed by atoms with van der Waals surface area (Å²) >= 11 is 0. The molecule has 0 saturated heterocycles. The van der Waals surface area contributed by atoms with Crippen LogP contribution in [-0.4, -0.2) is 50.0 Å². The average molecular weight is 431 g/mol. The lowest BCUT2D eigenvalue weighted by atomic mass is 10.1. The lowest BCUT2D eigenvalue weighted by Gasteiger charge is -2.22. The summed E-state index contributed by atoms with van der Waals surface area (Å²) < 4.78 is 1.95. The van der Waals surface area contributed by atoms with Crippen molar-refractivity contribution in [1.29, 1.82) is 0 Å². The normalized spacial score (nSPS) is 11.2. The van der Waals surface area contributed by atoms with E-state index in [1.54, 1.807) is 6.20 Å². The maximum atomic E-state index is 13.7. The molecule has 4 rings (SSSR count). The average Bonchev–Trinajstić information content (AvgIpc) is 3.24. The monoisotopic (exact) mass is 430 g/mol. The van der Waals surface area contributed by atoms with Crippen LogP contribution in [-0.2, 0) is 6.42 Å². The van der Waals surface area contributed by atoms with Gasteiger partial charge in [-0.25, -0.2) is 4.98 Å². The number of carbonyl (C=O) groups excluding carboxylic acids is 1. The molecule has 32 heavy (non-hydrogen) atoms. The summed E-state index contributed by atoms with van der Waals surface area (Å²) in [6.07, 6.45) is 4.46. The zero-order valence-electron chi connectivity index (χ0n) is 19.0. The van der Waals surface area contributed by atoms with E-state index in [0.29, 0.717) is 30.7 Å². The summed E-state index contributed by atoms with van der Waals surface area (Å²) in [6, 6.07) is 14.1. The van der Waals surface area contributed by atoms with Crippen molar-refractivity contribution in [3.05, 3.63) is 65.6 Å². The van der Waals surface area contributed by atoms with Gasteiger partial charge in [0.2, 0.25) is 0 Å². The topological polar surface area (TPSA) is 75.4 Å². The van der Waals surface area contributed by atoms with Crippen LogP contribution in [0.2, 0.25) is 0 Å². The Kier molecular flexibility index (Phi) is 6.63. The maximum Gasteiger partial charge on any atom is 0.259 e. The third kappa shape index (κ3) is 4.02. The SMILES string of the molecule is CCCCNc1c(C(=O)N(CC)CC)c2nnc(Cc3ccccc3)n2c2ncccc12. The lowest BCUT2D eigenvalue weighted by molar-refractivity contribution is 0.0775. The molecule has 0 atom stereocenters. The van der Waals surface area contributed by atoms with Crippen molar-refractivity contribution in [2.75, 3.05) is 25.0 Å². The standard InChI is InChI=1S/C25H30N6O/c1-4-7-15-26-22-19-14-11-16-27-23(19)31-20(17-18-12-9-8-10-13-18)28-29-24(31)21(22)25(32)30(5-2)6-3/h8-14,16,26H,4-7,15,17H2,1-3H3. The van der Waals surface area contributed by atoms with E-state index in [0.717, 1.165) is 47.5 Å². The minimum absolute atomic E-state index is 0.0385. The molecule has 0 radical (unpaired) electrons. The number of nitrogens with one attached hydrogen (secondary N) is 1. The minimum Gasteiger partial charge on any atom is -0.384 e. The van der Waals surface area contributed by atoms with Gasteiger partial charge in [-0.05, 0) is 38.0 Å². The van der Waals surface area contributed by atoms with Gasteiger partial charge in [0.1, 0.15) is 17.0 Å². The highest BCUT2D eigenvalue weighted by molar-refractivity contribution is 6.11. The highest BCUT2D eigenvalue weighted by atomic mass is 16.2. The highest BCUT2D eigenvalue weighted by Crippen LogP contribution is 2.32. The van der Waals surface area contributed by atoms with Gasteiger partial charge in [-0.2, -0.15) is 0 Å². The fourth-order valence-electron chi connectivity index (χ4n) is 4.06. The van der Waals surface area contributed by atoms with E-state index in [2.05, 4.69) is 39.6 Å². The van der Waals surface area contributed by atoms with E-state index in [-0.39, 0.29) is 5.91 Å². The molecule has 0 bridgehead atoms. The highest BCUT2D eigenvalue weighted by Gasteiger charge is 2.26. The van der Waals surface area contributed by atoms with Gasteiger partial charge in [0, 0.05) is 37.6 Å². The molecule has 3 heterocycles. The predicted molar refractivity (Wildman–Crippen MR) is 128 cm³/mol. The molecule has 0 fully saturated rings. The Hall–Kier alpha value is -3.48. The van der Waals surface area contributed by atoms with Crippen LogP contribution in [0.5, 0.6) is 0 Å². The minimum atomic E-state index is -0.0385. The number of anilines is 1. The number of pyridine rings is 2. The first-order valence-corrected chi connectivity index (χ1v) is 11.4. The molecule has 1 N–H and O–H groups in total. The van der Waals surface area contributed by atoms with Crippen LogP contribution in [0.15, 0.2) is 48.7 Å². The quantitative estimate of drug-likeness (QED) is 0.394. The number of benzene rings is 1. The molecule has 0 unspecified atom stereocenters. The number of carbonyl (C=O) groups is 1. The molecule has 4 aromatic rings. The van der Waals surface area contributed by atoms with Gasteiger partial charge < -0.3 is 10.2 Å². The van der Waals surface area contributed by atoms with Crippen molar-refractivity contribution in [2.45, 2.75) is 40.0 Å². The van der Waals surface area contributed by atoms with Gasteiger partial charge in [-0.15, -0.1) is 10.2 Å². The summed E-state index contributed by atoms with van der Waals surface area (Å²) in [6.45, 7) is 8.19. The fraction of sp³-hybridized carbons (Fsp3) is 0.360. The molecule has 0 spiro atoms. The Morgan fingerprint density at radius 3 is 2.50 bits per heavy atom. The molecule has 3 aromatic heterocycles. The van der Waals surface area contributed by atoms with Gasteiger partial charge in [0.05, 0.1) is 5.69 Å². The summed E-state index contributed by atoms with van der Waals surface area (Å²) in [5, 5.41) is 13.4. The fourth-order valence-corrected chi connectivity index (χ4v) is 4.06. The second kappa shape index (κ2) is 9.77. The summed E-state index contributed by atoms with van der Waals surface area (Å²) in [4.78, 5) is 20.2. The number of aromatic nitrogens is 4. The van der Waals surface area contributed by atoms with Gasteiger partial charge >= 0.3 is 0 Å². The van der Waals surface area contributed by atoms with Crippen LogP contribution >= 0.6 is 0 Å². The van der Waals surface area contributed by atoms with Crippen molar-refractivity contribution in [3.63, 3.8) is 0 Å². The van der Waals surface area contributed by atoms with Gasteiger partial charge in [0.15, 0.2) is 5.65 Å². The van der Waals surface area contributed by atoms with Crippen LogP contribution < -0.4 is 5.32 Å². The van der Waals surface area contributed by atoms with Gasteiger partial charge in [-0.3, -0.25) is 9.20 Å². The first-order valence-electron chi connectivity index (χ1n) is 11.4. The number of hydrogen-bond acceptors (Lipinski definition) is 5. The number of amides is 1. The smallest absolute Gasteiger partial charge is 0.259 e. The molecule has 0 saturated carbocycles.